The zero-order valence-corrected chi connectivity index (χ0v) is 14.0. The minimum atomic E-state index is -0.355. The van der Waals surface area contributed by atoms with Crippen molar-refractivity contribution in [2.45, 2.75) is 32.4 Å². The van der Waals surface area contributed by atoms with Crippen LogP contribution in [0.3, 0.4) is 0 Å². The number of hydrogen-bond acceptors (Lipinski definition) is 7. The fourth-order valence-electron chi connectivity index (χ4n) is 2.72. The van der Waals surface area contributed by atoms with Crippen molar-refractivity contribution in [2.75, 3.05) is 53.4 Å². The zero-order chi connectivity index (χ0) is 15.9. The molecule has 2 rings (SSSR count). The molecule has 22 heavy (non-hydrogen) atoms. The van der Waals surface area contributed by atoms with E-state index in [-0.39, 0.29) is 6.10 Å². The van der Waals surface area contributed by atoms with Crippen LogP contribution >= 0.6 is 0 Å². The monoisotopic (exact) mass is 311 g/mol. The van der Waals surface area contributed by atoms with Gasteiger partial charge in [0.15, 0.2) is 5.82 Å². The van der Waals surface area contributed by atoms with E-state index in [2.05, 4.69) is 33.9 Å². The predicted octanol–water partition coefficient (Wildman–Crippen LogP) is 0.0622. The van der Waals surface area contributed by atoms with Crippen LogP contribution in [-0.4, -0.2) is 89.4 Å². The Kier molecular flexibility index (Phi) is 6.75. The molecule has 0 radical (unpaired) electrons. The highest BCUT2D eigenvalue weighted by Gasteiger charge is 2.18. The molecule has 1 aliphatic heterocycles. The summed E-state index contributed by atoms with van der Waals surface area (Å²) < 4.78 is 5.23. The van der Waals surface area contributed by atoms with Crippen molar-refractivity contribution in [3.05, 3.63) is 11.7 Å². The van der Waals surface area contributed by atoms with Crippen LogP contribution in [0.5, 0.6) is 0 Å². The van der Waals surface area contributed by atoms with Gasteiger partial charge in [0.25, 0.3) is 0 Å². The van der Waals surface area contributed by atoms with E-state index in [1.807, 2.05) is 11.9 Å². The number of aryl methyl sites for hydroxylation is 1. The lowest BCUT2D eigenvalue weighted by Gasteiger charge is -2.34. The molecule has 2 heterocycles. The quantitative estimate of drug-likeness (QED) is 0.728. The van der Waals surface area contributed by atoms with Gasteiger partial charge >= 0.3 is 0 Å². The Morgan fingerprint density at radius 2 is 2.05 bits per heavy atom. The summed E-state index contributed by atoms with van der Waals surface area (Å²) in [6.07, 6.45) is 1.50. The van der Waals surface area contributed by atoms with Gasteiger partial charge in [-0.3, -0.25) is 9.80 Å². The normalized spacial score (nSPS) is 19.0. The minimum Gasteiger partial charge on any atom is -0.390 e. The SMILES string of the molecule is CCCc1noc(CN(C)CC(O)CN2CCN(C)CC2)n1. The number of piperazine rings is 1. The lowest BCUT2D eigenvalue weighted by Crippen LogP contribution is -2.48. The van der Waals surface area contributed by atoms with E-state index in [0.29, 0.717) is 19.0 Å². The first-order valence-corrected chi connectivity index (χ1v) is 8.15. The largest absolute Gasteiger partial charge is 0.390 e. The number of β-amino-alcohol motifs (C(OH)–C–C–N with tert-alkyl or cyclic N) is 1. The van der Waals surface area contributed by atoms with Crippen LogP contribution < -0.4 is 0 Å². The molecule has 7 heteroatoms. The summed E-state index contributed by atoms with van der Waals surface area (Å²) in [5.74, 6) is 1.39. The number of aliphatic hydroxyl groups excluding tert-OH is 1. The number of likely N-dealkylation sites (N-methyl/N-ethyl adjacent to an activating group) is 2. The molecular formula is C15H29N5O2. The maximum atomic E-state index is 10.2. The van der Waals surface area contributed by atoms with Gasteiger partial charge in [0.05, 0.1) is 12.6 Å². The van der Waals surface area contributed by atoms with E-state index < -0.39 is 0 Å². The fraction of sp³-hybridized carbons (Fsp3) is 0.867. The summed E-state index contributed by atoms with van der Waals surface area (Å²) in [5.41, 5.74) is 0. The molecule has 0 spiro atoms. The second-order valence-corrected chi connectivity index (χ2v) is 6.31. The van der Waals surface area contributed by atoms with Crippen molar-refractivity contribution < 1.29 is 9.63 Å². The van der Waals surface area contributed by atoms with Gasteiger partial charge in [-0.05, 0) is 20.5 Å². The lowest BCUT2D eigenvalue weighted by atomic mass is 10.2. The molecule has 7 nitrogen and oxygen atoms in total. The van der Waals surface area contributed by atoms with Crippen LogP contribution in [0.1, 0.15) is 25.1 Å². The Bertz CT molecular complexity index is 431. The average molecular weight is 311 g/mol. The summed E-state index contributed by atoms with van der Waals surface area (Å²) in [5, 5.41) is 14.2. The van der Waals surface area contributed by atoms with Gasteiger partial charge in [-0.2, -0.15) is 4.98 Å². The molecule has 1 unspecified atom stereocenters. The molecule has 0 saturated carbocycles. The highest BCUT2D eigenvalue weighted by atomic mass is 16.5. The van der Waals surface area contributed by atoms with Crippen molar-refractivity contribution >= 4 is 0 Å². The van der Waals surface area contributed by atoms with Crippen LogP contribution in [-0.2, 0) is 13.0 Å². The van der Waals surface area contributed by atoms with Crippen LogP contribution in [0.25, 0.3) is 0 Å². The number of nitrogens with zero attached hydrogens (tertiary/aromatic N) is 5. The molecule has 1 N–H and O–H groups in total. The van der Waals surface area contributed by atoms with E-state index in [9.17, 15) is 5.11 Å². The van der Waals surface area contributed by atoms with Crippen LogP contribution in [0, 0.1) is 0 Å². The molecule has 0 bridgehead atoms. The molecule has 0 aromatic carbocycles. The van der Waals surface area contributed by atoms with Gasteiger partial charge in [0, 0.05) is 45.7 Å². The standard InChI is InChI=1S/C15H29N5O2/c1-4-5-14-16-15(22-17-14)12-19(3)10-13(21)11-20-8-6-18(2)7-9-20/h13,21H,4-12H2,1-3H3. The van der Waals surface area contributed by atoms with E-state index >= 15 is 0 Å². The topological polar surface area (TPSA) is 68.9 Å². The first kappa shape index (κ1) is 17.3. The molecular weight excluding hydrogens is 282 g/mol. The third kappa shape index (κ3) is 5.64. The third-order valence-electron chi connectivity index (χ3n) is 3.98. The van der Waals surface area contributed by atoms with Crippen molar-refractivity contribution in [1.82, 2.24) is 24.8 Å². The Balaban J connectivity index is 1.70. The smallest absolute Gasteiger partial charge is 0.240 e. The lowest BCUT2D eigenvalue weighted by molar-refractivity contribution is 0.0574. The molecule has 1 aromatic rings. The van der Waals surface area contributed by atoms with Crippen molar-refractivity contribution in [2.24, 2.45) is 0 Å². The van der Waals surface area contributed by atoms with E-state index in [1.165, 1.54) is 0 Å². The zero-order valence-electron chi connectivity index (χ0n) is 14.0. The summed E-state index contributed by atoms with van der Waals surface area (Å²) in [6, 6.07) is 0. The van der Waals surface area contributed by atoms with Crippen LogP contribution in [0.15, 0.2) is 4.52 Å². The van der Waals surface area contributed by atoms with Crippen LogP contribution in [0.4, 0.5) is 0 Å². The van der Waals surface area contributed by atoms with E-state index in [0.717, 1.165) is 51.4 Å². The molecule has 126 valence electrons. The van der Waals surface area contributed by atoms with Crippen molar-refractivity contribution in [3.63, 3.8) is 0 Å². The Morgan fingerprint density at radius 3 is 2.73 bits per heavy atom. The molecule has 1 saturated heterocycles. The molecule has 1 atom stereocenters. The predicted molar refractivity (Wildman–Crippen MR) is 84.6 cm³/mol. The van der Waals surface area contributed by atoms with Crippen molar-refractivity contribution in [3.8, 4) is 0 Å². The van der Waals surface area contributed by atoms with Gasteiger partial charge in [-0.1, -0.05) is 12.1 Å². The summed E-state index contributed by atoms with van der Waals surface area (Å²) in [7, 11) is 4.11. The van der Waals surface area contributed by atoms with Gasteiger partial charge in [0.1, 0.15) is 0 Å². The van der Waals surface area contributed by atoms with Crippen LogP contribution in [0.2, 0.25) is 0 Å². The maximum Gasteiger partial charge on any atom is 0.240 e. The second kappa shape index (κ2) is 8.57. The second-order valence-electron chi connectivity index (χ2n) is 6.31. The summed E-state index contributed by atoms with van der Waals surface area (Å²) in [4.78, 5) is 11.0. The Morgan fingerprint density at radius 1 is 1.32 bits per heavy atom. The highest BCUT2D eigenvalue weighted by molar-refractivity contribution is 4.86. The molecule has 1 fully saturated rings. The van der Waals surface area contributed by atoms with Gasteiger partial charge in [-0.15, -0.1) is 0 Å². The fourth-order valence-corrected chi connectivity index (χ4v) is 2.72. The maximum absolute atomic E-state index is 10.2. The number of aliphatic hydroxyl groups is 1. The summed E-state index contributed by atoms with van der Waals surface area (Å²) >= 11 is 0. The molecule has 1 aromatic heterocycles. The van der Waals surface area contributed by atoms with E-state index in [4.69, 9.17) is 4.52 Å². The third-order valence-corrected chi connectivity index (χ3v) is 3.98. The van der Waals surface area contributed by atoms with Crippen molar-refractivity contribution in [1.29, 1.82) is 0 Å². The number of hydrogen-bond donors (Lipinski definition) is 1. The number of rotatable bonds is 8. The van der Waals surface area contributed by atoms with Gasteiger partial charge < -0.3 is 14.5 Å². The minimum absolute atomic E-state index is 0.355. The first-order chi connectivity index (χ1) is 10.6. The highest BCUT2D eigenvalue weighted by Crippen LogP contribution is 2.05. The van der Waals surface area contributed by atoms with Gasteiger partial charge in [0.2, 0.25) is 5.89 Å². The van der Waals surface area contributed by atoms with E-state index in [1.54, 1.807) is 0 Å². The Labute approximate surface area is 132 Å². The summed E-state index contributed by atoms with van der Waals surface area (Å²) in [6.45, 7) is 8.21. The first-order valence-electron chi connectivity index (χ1n) is 8.15. The number of aromatic nitrogens is 2. The molecule has 0 aliphatic carbocycles. The molecule has 0 amide bonds. The van der Waals surface area contributed by atoms with Gasteiger partial charge in [-0.25, -0.2) is 0 Å². The Hall–Kier alpha value is -1.02. The molecule has 1 aliphatic rings. The average Bonchev–Trinajstić information content (AvgIpc) is 2.88.